The van der Waals surface area contributed by atoms with E-state index in [4.69, 9.17) is 11.7 Å². The van der Waals surface area contributed by atoms with Gasteiger partial charge < -0.3 is 5.11 Å². The molecule has 6 heteroatoms. The minimum atomic E-state index is -1.29. The van der Waals surface area contributed by atoms with Crippen LogP contribution in [0.4, 0.5) is 0 Å². The number of hydrogen-bond acceptors (Lipinski definition) is 5. The van der Waals surface area contributed by atoms with E-state index in [1.54, 1.807) is 0 Å². The van der Waals surface area contributed by atoms with Crippen LogP contribution in [0.25, 0.3) is 0 Å². The van der Waals surface area contributed by atoms with Crippen molar-refractivity contribution in [1.29, 1.82) is 0 Å². The van der Waals surface area contributed by atoms with E-state index >= 15 is 0 Å². The maximum absolute atomic E-state index is 11.1. The van der Waals surface area contributed by atoms with Crippen molar-refractivity contribution < 1.29 is 9.90 Å². The van der Waals surface area contributed by atoms with Crippen LogP contribution in [-0.4, -0.2) is 16.7 Å². The topological polar surface area (TPSA) is 113 Å². The Balaban J connectivity index is 2.69. The summed E-state index contributed by atoms with van der Waals surface area (Å²) in [6, 6.07) is 0. The molecule has 1 aliphatic carbocycles. The van der Waals surface area contributed by atoms with Crippen LogP contribution in [0.3, 0.4) is 0 Å². The highest BCUT2D eigenvalue weighted by molar-refractivity contribution is 5.79. The Bertz CT molecular complexity index is 186. The van der Waals surface area contributed by atoms with Crippen molar-refractivity contribution in [3.63, 3.8) is 0 Å². The zero-order chi connectivity index (χ0) is 9.19. The van der Waals surface area contributed by atoms with Crippen molar-refractivity contribution in [3.8, 4) is 0 Å². The first kappa shape index (κ1) is 9.40. The van der Waals surface area contributed by atoms with Gasteiger partial charge in [-0.05, 0) is 19.3 Å². The molecule has 70 valence electrons. The van der Waals surface area contributed by atoms with Crippen LogP contribution in [0.5, 0.6) is 0 Å². The molecule has 0 heterocycles. The number of carbonyl (C=O) groups excluding carboxylic acids is 1. The molecular formula is C6H14N4O2. The summed E-state index contributed by atoms with van der Waals surface area (Å²) < 4.78 is 0. The van der Waals surface area contributed by atoms with E-state index in [9.17, 15) is 9.90 Å². The molecule has 1 rings (SSSR count). The average molecular weight is 174 g/mol. The normalized spacial score (nSPS) is 35.1. The molecule has 0 saturated heterocycles. The van der Waals surface area contributed by atoms with Gasteiger partial charge >= 0.3 is 0 Å². The molecule has 12 heavy (non-hydrogen) atoms. The quantitative estimate of drug-likeness (QED) is 0.143. The highest BCUT2D eigenvalue weighted by Gasteiger charge is 2.44. The smallest absolute Gasteiger partial charge is 0.241 e. The molecule has 1 saturated carbocycles. The van der Waals surface area contributed by atoms with Crippen LogP contribution in [0.2, 0.25) is 0 Å². The molecule has 0 radical (unpaired) electrons. The fourth-order valence-electron chi connectivity index (χ4n) is 1.61. The van der Waals surface area contributed by atoms with Gasteiger partial charge in [0, 0.05) is 0 Å². The second-order valence-electron chi connectivity index (χ2n) is 3.02. The monoisotopic (exact) mass is 174 g/mol. The third-order valence-electron chi connectivity index (χ3n) is 2.34. The van der Waals surface area contributed by atoms with Crippen LogP contribution in [0, 0.1) is 5.92 Å². The largest absolute Gasteiger partial charge is 0.374 e. The third-order valence-corrected chi connectivity index (χ3v) is 2.34. The molecule has 1 amide bonds. The number of rotatable bonds is 2. The molecule has 0 aromatic heterocycles. The first-order valence-electron chi connectivity index (χ1n) is 3.84. The number of nitrogens with one attached hydrogen (secondary N) is 2. The summed E-state index contributed by atoms with van der Waals surface area (Å²) in [7, 11) is 0. The van der Waals surface area contributed by atoms with Gasteiger partial charge in [0.2, 0.25) is 5.91 Å². The fraction of sp³-hybridized carbons (Fsp3) is 0.833. The SMILES string of the molecule is NNC(=O)C1CCCC1(O)NN. The Hall–Kier alpha value is -0.690. The van der Waals surface area contributed by atoms with Crippen molar-refractivity contribution in [2.24, 2.45) is 17.6 Å². The summed E-state index contributed by atoms with van der Waals surface area (Å²) in [5, 5.41) is 9.71. The minimum Gasteiger partial charge on any atom is -0.374 e. The van der Waals surface area contributed by atoms with Gasteiger partial charge in [0.05, 0.1) is 5.92 Å². The van der Waals surface area contributed by atoms with Gasteiger partial charge in [-0.1, -0.05) is 0 Å². The van der Waals surface area contributed by atoms with E-state index in [-0.39, 0.29) is 5.91 Å². The van der Waals surface area contributed by atoms with Gasteiger partial charge in [-0.2, -0.15) is 0 Å². The van der Waals surface area contributed by atoms with Gasteiger partial charge in [-0.25, -0.2) is 11.3 Å². The van der Waals surface area contributed by atoms with Crippen molar-refractivity contribution in [2.45, 2.75) is 25.0 Å². The zero-order valence-electron chi connectivity index (χ0n) is 6.71. The van der Waals surface area contributed by atoms with Gasteiger partial charge in [-0.15, -0.1) is 0 Å². The van der Waals surface area contributed by atoms with Crippen LogP contribution in [-0.2, 0) is 4.79 Å². The van der Waals surface area contributed by atoms with E-state index in [0.29, 0.717) is 12.8 Å². The lowest BCUT2D eigenvalue weighted by atomic mass is 10.00. The van der Waals surface area contributed by atoms with Crippen molar-refractivity contribution in [3.05, 3.63) is 0 Å². The lowest BCUT2D eigenvalue weighted by Crippen LogP contribution is -2.56. The molecule has 2 unspecified atom stereocenters. The first-order valence-corrected chi connectivity index (χ1v) is 3.84. The summed E-state index contributed by atoms with van der Waals surface area (Å²) in [5.74, 6) is 9.15. The molecular weight excluding hydrogens is 160 g/mol. The number of carbonyl (C=O) groups is 1. The number of nitrogens with two attached hydrogens (primary N) is 2. The van der Waals surface area contributed by atoms with Crippen molar-refractivity contribution in [2.75, 3.05) is 0 Å². The van der Waals surface area contributed by atoms with Crippen molar-refractivity contribution >= 4 is 5.91 Å². The maximum Gasteiger partial charge on any atom is 0.241 e. The number of hydrogen-bond donors (Lipinski definition) is 5. The molecule has 0 bridgehead atoms. The zero-order valence-corrected chi connectivity index (χ0v) is 6.71. The van der Waals surface area contributed by atoms with Crippen molar-refractivity contribution in [1.82, 2.24) is 10.9 Å². The molecule has 6 nitrogen and oxygen atoms in total. The summed E-state index contributed by atoms with van der Waals surface area (Å²) in [6.45, 7) is 0. The van der Waals surface area contributed by atoms with E-state index in [1.807, 2.05) is 5.43 Å². The lowest BCUT2D eigenvalue weighted by Gasteiger charge is -2.27. The van der Waals surface area contributed by atoms with Crippen LogP contribution in [0.15, 0.2) is 0 Å². The molecule has 1 fully saturated rings. The standard InChI is InChI=1S/C6H14N4O2/c7-9-5(11)4-2-1-3-6(4,12)10-8/h4,10,12H,1-3,7-8H2,(H,9,11). The summed E-state index contributed by atoms with van der Waals surface area (Å²) in [4.78, 5) is 11.1. The first-order chi connectivity index (χ1) is 5.64. The molecule has 0 spiro atoms. The predicted molar refractivity (Wildman–Crippen MR) is 41.9 cm³/mol. The number of amides is 1. The second kappa shape index (κ2) is 3.36. The number of aliphatic hydroxyl groups is 1. The third kappa shape index (κ3) is 1.42. The Morgan fingerprint density at radius 2 is 2.25 bits per heavy atom. The van der Waals surface area contributed by atoms with Crippen LogP contribution in [0.1, 0.15) is 19.3 Å². The van der Waals surface area contributed by atoms with E-state index in [0.717, 1.165) is 6.42 Å². The molecule has 1 aliphatic rings. The number of hydrazine groups is 2. The van der Waals surface area contributed by atoms with Gasteiger partial charge in [0.15, 0.2) is 0 Å². The second-order valence-corrected chi connectivity index (χ2v) is 3.02. The summed E-state index contributed by atoms with van der Waals surface area (Å²) in [6.07, 6.45) is 1.84. The Kier molecular flexibility index (Phi) is 2.63. The van der Waals surface area contributed by atoms with E-state index in [1.165, 1.54) is 0 Å². The van der Waals surface area contributed by atoms with Gasteiger partial charge in [0.1, 0.15) is 5.72 Å². The van der Waals surface area contributed by atoms with Gasteiger partial charge in [-0.3, -0.25) is 16.1 Å². The Labute approximate surface area is 70.2 Å². The molecule has 7 N–H and O–H groups in total. The Morgan fingerprint density at radius 3 is 2.75 bits per heavy atom. The molecule has 0 aliphatic heterocycles. The van der Waals surface area contributed by atoms with E-state index < -0.39 is 11.6 Å². The minimum absolute atomic E-state index is 0.382. The van der Waals surface area contributed by atoms with Crippen LogP contribution >= 0.6 is 0 Å². The average Bonchev–Trinajstić information content (AvgIpc) is 2.47. The molecule has 2 atom stereocenters. The predicted octanol–water partition coefficient (Wildman–Crippen LogP) is -2.07. The Morgan fingerprint density at radius 1 is 1.58 bits per heavy atom. The summed E-state index contributed by atoms with van der Waals surface area (Å²) >= 11 is 0. The fourth-order valence-corrected chi connectivity index (χ4v) is 1.61. The highest BCUT2D eigenvalue weighted by atomic mass is 16.3. The molecule has 0 aromatic rings. The summed E-state index contributed by atoms with van der Waals surface area (Å²) in [5.41, 5.74) is 2.96. The maximum atomic E-state index is 11.1. The molecule has 0 aromatic carbocycles. The lowest BCUT2D eigenvalue weighted by molar-refractivity contribution is -0.134. The van der Waals surface area contributed by atoms with E-state index in [2.05, 4.69) is 5.43 Å². The highest BCUT2D eigenvalue weighted by Crippen LogP contribution is 2.32. The van der Waals surface area contributed by atoms with Gasteiger partial charge in [0.25, 0.3) is 0 Å². The van der Waals surface area contributed by atoms with Crippen LogP contribution < -0.4 is 22.5 Å².